The second-order valence-electron chi connectivity index (χ2n) is 10.4. The van der Waals surface area contributed by atoms with E-state index in [2.05, 4.69) is 16.2 Å². The minimum atomic E-state index is -0.470. The van der Waals surface area contributed by atoms with Gasteiger partial charge in [-0.15, -0.1) is 0 Å². The van der Waals surface area contributed by atoms with Crippen molar-refractivity contribution in [3.63, 3.8) is 0 Å². The Kier molecular flexibility index (Phi) is 8.08. The molecule has 0 unspecified atom stereocenters. The molecule has 0 radical (unpaired) electrons. The van der Waals surface area contributed by atoms with Crippen molar-refractivity contribution in [1.29, 1.82) is 5.26 Å². The molecule has 192 valence electrons. The number of hydrogen-bond acceptors (Lipinski definition) is 6. The first kappa shape index (κ1) is 26.2. The van der Waals surface area contributed by atoms with Gasteiger partial charge in [-0.3, -0.25) is 4.99 Å². The van der Waals surface area contributed by atoms with Gasteiger partial charge in [0.1, 0.15) is 5.60 Å². The molecule has 4 rings (SSSR count). The summed E-state index contributed by atoms with van der Waals surface area (Å²) in [5, 5.41) is 14.4. The third kappa shape index (κ3) is 6.65. The number of benzene rings is 2. The molecule has 0 N–H and O–H groups in total. The van der Waals surface area contributed by atoms with Crippen molar-refractivity contribution < 1.29 is 14.1 Å². The van der Waals surface area contributed by atoms with Gasteiger partial charge in [0.2, 0.25) is 0 Å². The number of nitrogens with zero attached hydrogens (tertiary/aromatic N) is 4. The molecule has 1 aliphatic rings. The number of aryl methyl sites for hydroxylation is 1. The highest BCUT2D eigenvalue weighted by Gasteiger charge is 2.27. The fourth-order valence-electron chi connectivity index (χ4n) is 4.54. The van der Waals surface area contributed by atoms with Crippen LogP contribution < -0.4 is 0 Å². The molecule has 7 nitrogen and oxygen atoms in total. The SMILES string of the molecule is C/C=C/c1c(/N=C/c2ccc(C#N)cc2)ccc2c(CCC3CCN(C(=O)OC(C)(C)C)CC3)noc12. The largest absolute Gasteiger partial charge is 0.444 e. The van der Waals surface area contributed by atoms with Gasteiger partial charge < -0.3 is 14.2 Å². The van der Waals surface area contributed by atoms with E-state index in [-0.39, 0.29) is 6.09 Å². The number of allylic oxidation sites excluding steroid dienone is 1. The van der Waals surface area contributed by atoms with Crippen LogP contribution in [0.4, 0.5) is 10.5 Å². The molecule has 37 heavy (non-hydrogen) atoms. The molecule has 0 atom stereocenters. The van der Waals surface area contributed by atoms with E-state index in [1.165, 1.54) is 0 Å². The Morgan fingerprint density at radius 1 is 1.22 bits per heavy atom. The van der Waals surface area contributed by atoms with Gasteiger partial charge in [0, 0.05) is 30.3 Å². The van der Waals surface area contributed by atoms with Gasteiger partial charge in [0.15, 0.2) is 5.58 Å². The third-order valence-electron chi connectivity index (χ3n) is 6.51. The van der Waals surface area contributed by atoms with Gasteiger partial charge in [0.25, 0.3) is 0 Å². The monoisotopic (exact) mass is 498 g/mol. The predicted octanol–water partition coefficient (Wildman–Crippen LogP) is 7.06. The van der Waals surface area contributed by atoms with Crippen LogP contribution >= 0.6 is 0 Å². The van der Waals surface area contributed by atoms with E-state index in [1.807, 2.05) is 69.0 Å². The van der Waals surface area contributed by atoms with E-state index >= 15 is 0 Å². The average molecular weight is 499 g/mol. The standard InChI is InChI=1S/C30H34N4O3/c1-5-6-24-26(32-20-23-9-7-22(19-31)8-10-23)14-12-25-27(33-37-28(24)25)13-11-21-15-17-34(18-16-21)29(35)36-30(2,3)4/h5-10,12,14,20-21H,11,13,15-18H2,1-4H3/b6-5+,32-20+. The van der Waals surface area contributed by atoms with Gasteiger partial charge in [-0.1, -0.05) is 29.4 Å². The second-order valence-corrected chi connectivity index (χ2v) is 10.4. The lowest BCUT2D eigenvalue weighted by Gasteiger charge is -2.33. The summed E-state index contributed by atoms with van der Waals surface area (Å²) in [6.45, 7) is 9.11. The van der Waals surface area contributed by atoms with Crippen LogP contribution in [-0.2, 0) is 11.2 Å². The zero-order valence-electron chi connectivity index (χ0n) is 22.0. The molecule has 2 aromatic carbocycles. The molecule has 2 heterocycles. The molecule has 0 bridgehead atoms. The quantitative estimate of drug-likeness (QED) is 0.339. The molecule has 1 saturated heterocycles. The van der Waals surface area contributed by atoms with Crippen molar-refractivity contribution in [2.75, 3.05) is 13.1 Å². The van der Waals surface area contributed by atoms with E-state index in [1.54, 1.807) is 18.3 Å². The summed E-state index contributed by atoms with van der Waals surface area (Å²) in [6.07, 6.45) is 9.29. The smallest absolute Gasteiger partial charge is 0.410 e. The molecule has 1 aliphatic heterocycles. The minimum absolute atomic E-state index is 0.220. The highest BCUT2D eigenvalue weighted by Crippen LogP contribution is 2.33. The maximum Gasteiger partial charge on any atom is 0.410 e. The van der Waals surface area contributed by atoms with Crippen LogP contribution in [0.15, 0.2) is 52.0 Å². The van der Waals surface area contributed by atoms with Gasteiger partial charge in [-0.2, -0.15) is 5.26 Å². The van der Waals surface area contributed by atoms with E-state index in [9.17, 15) is 4.79 Å². The number of carbonyl (C=O) groups excluding carboxylic acids is 1. The van der Waals surface area contributed by atoms with Crippen LogP contribution in [0, 0.1) is 17.2 Å². The number of aromatic nitrogens is 1. The first-order chi connectivity index (χ1) is 17.8. The molecule has 1 amide bonds. The number of ether oxygens (including phenoxy) is 1. The lowest BCUT2D eigenvalue weighted by atomic mass is 9.91. The zero-order chi connectivity index (χ0) is 26.4. The number of likely N-dealkylation sites (tertiary alicyclic amines) is 1. The van der Waals surface area contributed by atoms with Crippen molar-refractivity contribution in [3.05, 3.63) is 64.9 Å². The van der Waals surface area contributed by atoms with Crippen LogP contribution in [0.1, 0.15) is 69.3 Å². The van der Waals surface area contributed by atoms with E-state index in [0.717, 1.165) is 72.3 Å². The van der Waals surface area contributed by atoms with Crippen LogP contribution in [0.5, 0.6) is 0 Å². The van der Waals surface area contributed by atoms with Crippen molar-refractivity contribution >= 4 is 35.0 Å². The highest BCUT2D eigenvalue weighted by molar-refractivity contribution is 5.94. The number of amides is 1. The molecule has 7 heteroatoms. The molecule has 0 spiro atoms. The number of piperidine rings is 1. The summed E-state index contributed by atoms with van der Waals surface area (Å²) < 4.78 is 11.3. The molecular weight excluding hydrogens is 464 g/mol. The van der Waals surface area contributed by atoms with Crippen molar-refractivity contribution in [1.82, 2.24) is 10.1 Å². The fraction of sp³-hybridized carbons (Fsp3) is 0.400. The number of fused-ring (bicyclic) bond motifs is 1. The Morgan fingerprint density at radius 3 is 2.59 bits per heavy atom. The topological polar surface area (TPSA) is 91.7 Å². The lowest BCUT2D eigenvalue weighted by molar-refractivity contribution is 0.0181. The first-order valence-electron chi connectivity index (χ1n) is 12.8. The number of hydrogen-bond donors (Lipinski definition) is 0. The highest BCUT2D eigenvalue weighted by atomic mass is 16.6. The summed E-state index contributed by atoms with van der Waals surface area (Å²) in [6, 6.07) is 13.5. The van der Waals surface area contributed by atoms with Gasteiger partial charge in [0.05, 0.1) is 23.0 Å². The van der Waals surface area contributed by atoms with Crippen LogP contribution in [0.3, 0.4) is 0 Å². The predicted molar refractivity (Wildman–Crippen MR) is 146 cm³/mol. The normalized spacial score (nSPS) is 15.1. The van der Waals surface area contributed by atoms with Gasteiger partial charge in [-0.25, -0.2) is 4.79 Å². The van der Waals surface area contributed by atoms with E-state index in [4.69, 9.17) is 14.5 Å². The van der Waals surface area contributed by atoms with Crippen molar-refractivity contribution in [2.24, 2.45) is 10.9 Å². The Morgan fingerprint density at radius 2 is 1.95 bits per heavy atom. The summed E-state index contributed by atoms with van der Waals surface area (Å²) >= 11 is 0. The molecule has 1 fully saturated rings. The van der Waals surface area contributed by atoms with Crippen LogP contribution in [0.25, 0.3) is 17.0 Å². The molecule has 0 aliphatic carbocycles. The van der Waals surface area contributed by atoms with E-state index in [0.29, 0.717) is 11.5 Å². The number of rotatable bonds is 6. The van der Waals surface area contributed by atoms with Crippen molar-refractivity contribution in [3.8, 4) is 6.07 Å². The lowest BCUT2D eigenvalue weighted by Crippen LogP contribution is -2.41. The second kappa shape index (κ2) is 11.4. The minimum Gasteiger partial charge on any atom is -0.444 e. The summed E-state index contributed by atoms with van der Waals surface area (Å²) in [7, 11) is 0. The maximum absolute atomic E-state index is 12.3. The number of carbonyl (C=O) groups is 1. The Labute approximate surface area is 218 Å². The van der Waals surface area contributed by atoms with Gasteiger partial charge in [-0.05, 0) is 89.1 Å². The Hall–Kier alpha value is -3.92. The van der Waals surface area contributed by atoms with Gasteiger partial charge >= 0.3 is 6.09 Å². The van der Waals surface area contributed by atoms with Crippen LogP contribution in [-0.4, -0.2) is 41.1 Å². The number of aliphatic imine (C=N–C) groups is 1. The summed E-state index contributed by atoms with van der Waals surface area (Å²) in [5.74, 6) is 0.539. The Balaban J connectivity index is 1.42. The van der Waals surface area contributed by atoms with E-state index < -0.39 is 5.60 Å². The molecule has 3 aromatic rings. The summed E-state index contributed by atoms with van der Waals surface area (Å²) in [4.78, 5) is 18.8. The first-order valence-corrected chi connectivity index (χ1v) is 12.8. The Bertz CT molecular complexity index is 1330. The van der Waals surface area contributed by atoms with Crippen molar-refractivity contribution in [2.45, 2.75) is 59.0 Å². The third-order valence-corrected chi connectivity index (χ3v) is 6.51. The molecule has 1 aromatic heterocycles. The molecular formula is C30H34N4O3. The van der Waals surface area contributed by atoms with Crippen LogP contribution in [0.2, 0.25) is 0 Å². The summed E-state index contributed by atoms with van der Waals surface area (Å²) in [5.41, 5.74) is 4.46. The molecule has 0 saturated carbocycles. The zero-order valence-corrected chi connectivity index (χ0v) is 22.0. The maximum atomic E-state index is 12.3. The fourth-order valence-corrected chi connectivity index (χ4v) is 4.54. The average Bonchev–Trinajstić information content (AvgIpc) is 3.30. The number of nitriles is 1.